The van der Waals surface area contributed by atoms with Gasteiger partial charge in [0.25, 0.3) is 0 Å². The highest BCUT2D eigenvalue weighted by Crippen LogP contribution is 2.35. The Morgan fingerprint density at radius 1 is 1.26 bits per heavy atom. The van der Waals surface area contributed by atoms with Crippen LogP contribution in [0.15, 0.2) is 24.4 Å². The van der Waals surface area contributed by atoms with Crippen molar-refractivity contribution >= 4 is 40.5 Å². The highest BCUT2D eigenvalue weighted by Gasteiger charge is 2.20. The lowest BCUT2D eigenvalue weighted by Gasteiger charge is -2.07. The number of ether oxygens (including phenoxy) is 1. The second-order valence-electron chi connectivity index (χ2n) is 3.26. The van der Waals surface area contributed by atoms with Crippen LogP contribution in [0.2, 0.25) is 15.3 Å². The number of rotatable bonds is 3. The summed E-state index contributed by atoms with van der Waals surface area (Å²) < 4.78 is 5.27. The molecule has 0 aliphatic rings. The quantitative estimate of drug-likeness (QED) is 0.482. The first-order valence-electron chi connectivity index (χ1n) is 4.77. The van der Waals surface area contributed by atoms with Crippen molar-refractivity contribution in [3.05, 3.63) is 49.8 Å². The third-order valence-electron chi connectivity index (χ3n) is 2.00. The molecule has 0 bridgehead atoms. The molecule has 0 amide bonds. The van der Waals surface area contributed by atoms with Gasteiger partial charge in [0.05, 0.1) is 9.95 Å². The van der Waals surface area contributed by atoms with Crippen LogP contribution < -0.4 is 4.74 Å². The predicted octanol–water partition coefficient (Wildman–Crippen LogP) is 4.14. The van der Waals surface area contributed by atoms with Crippen molar-refractivity contribution in [1.29, 1.82) is 0 Å². The summed E-state index contributed by atoms with van der Waals surface area (Å²) in [6, 6.07) is 4.45. The second kappa shape index (κ2) is 5.56. The Labute approximate surface area is 122 Å². The Kier molecular flexibility index (Phi) is 4.04. The zero-order valence-corrected chi connectivity index (χ0v) is 11.3. The SMILES string of the molecule is O=[N+]([O-])c1cnc(Cl)nc1Oc1cc(Cl)ccc1Cl. The average Bonchev–Trinajstić information content (AvgIpc) is 2.33. The van der Waals surface area contributed by atoms with E-state index in [1.807, 2.05) is 0 Å². The zero-order valence-electron chi connectivity index (χ0n) is 9.01. The highest BCUT2D eigenvalue weighted by molar-refractivity contribution is 6.34. The molecule has 0 atom stereocenters. The van der Waals surface area contributed by atoms with Crippen LogP contribution in [0, 0.1) is 10.1 Å². The van der Waals surface area contributed by atoms with Crippen molar-refractivity contribution in [3.63, 3.8) is 0 Å². The number of halogens is 3. The molecule has 0 radical (unpaired) electrons. The van der Waals surface area contributed by atoms with E-state index in [4.69, 9.17) is 39.5 Å². The lowest BCUT2D eigenvalue weighted by atomic mass is 10.3. The van der Waals surface area contributed by atoms with E-state index in [2.05, 4.69) is 9.97 Å². The fourth-order valence-electron chi connectivity index (χ4n) is 1.20. The number of benzene rings is 1. The molecular formula is C10H4Cl3N3O3. The van der Waals surface area contributed by atoms with Gasteiger partial charge in [-0.1, -0.05) is 23.2 Å². The van der Waals surface area contributed by atoms with Gasteiger partial charge in [-0.3, -0.25) is 10.1 Å². The van der Waals surface area contributed by atoms with Gasteiger partial charge in [0.2, 0.25) is 5.28 Å². The molecule has 0 saturated carbocycles. The molecule has 2 rings (SSSR count). The van der Waals surface area contributed by atoms with Crippen LogP contribution >= 0.6 is 34.8 Å². The molecule has 1 aromatic carbocycles. The summed E-state index contributed by atoms with van der Waals surface area (Å²) in [6.07, 6.45) is 0.948. The first-order valence-corrected chi connectivity index (χ1v) is 5.90. The van der Waals surface area contributed by atoms with Crippen LogP contribution in [-0.2, 0) is 0 Å². The molecule has 0 fully saturated rings. The van der Waals surface area contributed by atoms with Crippen LogP contribution in [-0.4, -0.2) is 14.9 Å². The maximum atomic E-state index is 10.8. The smallest absolute Gasteiger partial charge is 0.349 e. The number of nitro groups is 1. The van der Waals surface area contributed by atoms with Gasteiger partial charge in [-0.25, -0.2) is 4.98 Å². The van der Waals surface area contributed by atoms with Gasteiger partial charge >= 0.3 is 11.6 Å². The molecule has 19 heavy (non-hydrogen) atoms. The van der Waals surface area contributed by atoms with E-state index in [-0.39, 0.29) is 21.9 Å². The van der Waals surface area contributed by atoms with Crippen LogP contribution in [0.1, 0.15) is 0 Å². The minimum absolute atomic E-state index is 0.132. The molecular weight excluding hydrogens is 316 g/mol. The molecule has 2 aromatic rings. The van der Waals surface area contributed by atoms with Gasteiger partial charge in [-0.05, 0) is 23.7 Å². The van der Waals surface area contributed by atoms with Crippen molar-refractivity contribution in [3.8, 4) is 11.6 Å². The Balaban J connectivity index is 2.45. The maximum absolute atomic E-state index is 10.8. The van der Waals surface area contributed by atoms with Crippen LogP contribution in [0.5, 0.6) is 11.6 Å². The predicted molar refractivity (Wildman–Crippen MR) is 70.2 cm³/mol. The van der Waals surface area contributed by atoms with E-state index in [0.29, 0.717) is 5.02 Å². The summed E-state index contributed by atoms with van der Waals surface area (Å²) in [5.74, 6) is -0.179. The van der Waals surface area contributed by atoms with Gasteiger partial charge < -0.3 is 4.74 Å². The zero-order chi connectivity index (χ0) is 14.0. The van der Waals surface area contributed by atoms with Crippen molar-refractivity contribution in [2.24, 2.45) is 0 Å². The molecule has 9 heteroatoms. The van der Waals surface area contributed by atoms with Crippen molar-refractivity contribution in [2.45, 2.75) is 0 Å². The summed E-state index contributed by atoms with van der Waals surface area (Å²) in [6.45, 7) is 0. The number of aromatic nitrogens is 2. The Hall–Kier alpha value is -1.63. The number of hydrogen-bond acceptors (Lipinski definition) is 5. The van der Waals surface area contributed by atoms with E-state index < -0.39 is 10.6 Å². The lowest BCUT2D eigenvalue weighted by Crippen LogP contribution is -1.98. The summed E-state index contributed by atoms with van der Waals surface area (Å²) in [4.78, 5) is 17.3. The Bertz CT molecular complexity index is 651. The number of hydrogen-bond donors (Lipinski definition) is 0. The molecule has 0 aliphatic heterocycles. The molecule has 0 N–H and O–H groups in total. The monoisotopic (exact) mass is 319 g/mol. The molecule has 0 unspecified atom stereocenters. The van der Waals surface area contributed by atoms with E-state index in [9.17, 15) is 10.1 Å². The van der Waals surface area contributed by atoms with E-state index in [1.54, 1.807) is 6.07 Å². The average molecular weight is 321 g/mol. The third-order valence-corrected chi connectivity index (χ3v) is 2.73. The molecule has 1 aromatic heterocycles. The third kappa shape index (κ3) is 3.23. The van der Waals surface area contributed by atoms with E-state index in [1.165, 1.54) is 12.1 Å². The Morgan fingerprint density at radius 2 is 2.00 bits per heavy atom. The fraction of sp³-hybridized carbons (Fsp3) is 0. The van der Waals surface area contributed by atoms with Crippen molar-refractivity contribution in [2.75, 3.05) is 0 Å². The fourth-order valence-corrected chi connectivity index (χ4v) is 1.64. The van der Waals surface area contributed by atoms with Crippen LogP contribution in [0.3, 0.4) is 0 Å². The van der Waals surface area contributed by atoms with Crippen molar-refractivity contribution in [1.82, 2.24) is 9.97 Å². The summed E-state index contributed by atoms with van der Waals surface area (Å²) in [7, 11) is 0. The summed E-state index contributed by atoms with van der Waals surface area (Å²) >= 11 is 17.2. The lowest BCUT2D eigenvalue weighted by molar-refractivity contribution is -0.386. The minimum atomic E-state index is -0.690. The largest absolute Gasteiger partial charge is 0.432 e. The maximum Gasteiger partial charge on any atom is 0.349 e. The van der Waals surface area contributed by atoms with Gasteiger partial charge in [-0.2, -0.15) is 4.98 Å². The van der Waals surface area contributed by atoms with Gasteiger partial charge in [0, 0.05) is 11.1 Å². The molecule has 6 nitrogen and oxygen atoms in total. The molecule has 0 saturated heterocycles. The van der Waals surface area contributed by atoms with Gasteiger partial charge in [-0.15, -0.1) is 0 Å². The Morgan fingerprint density at radius 3 is 2.68 bits per heavy atom. The van der Waals surface area contributed by atoms with E-state index in [0.717, 1.165) is 6.20 Å². The second-order valence-corrected chi connectivity index (χ2v) is 4.45. The van der Waals surface area contributed by atoms with Crippen LogP contribution in [0.4, 0.5) is 5.69 Å². The number of nitrogens with zero attached hydrogens (tertiary/aromatic N) is 3. The molecule has 1 heterocycles. The van der Waals surface area contributed by atoms with Gasteiger partial charge in [0.15, 0.2) is 0 Å². The summed E-state index contributed by atoms with van der Waals surface area (Å²) in [5.41, 5.74) is -0.430. The van der Waals surface area contributed by atoms with E-state index >= 15 is 0 Å². The first kappa shape index (κ1) is 13.8. The first-order chi connectivity index (χ1) is 8.97. The minimum Gasteiger partial charge on any atom is -0.432 e. The summed E-state index contributed by atoms with van der Waals surface area (Å²) in [5, 5.41) is 11.2. The highest BCUT2D eigenvalue weighted by atomic mass is 35.5. The van der Waals surface area contributed by atoms with Crippen LogP contribution in [0.25, 0.3) is 0 Å². The molecule has 98 valence electrons. The normalized spacial score (nSPS) is 10.3. The molecule has 0 spiro atoms. The standard InChI is InChI=1S/C10H4Cl3N3O3/c11-5-1-2-6(12)8(3-5)19-9-7(16(17)18)4-14-10(13)15-9/h1-4H. The molecule has 0 aliphatic carbocycles. The topological polar surface area (TPSA) is 78.2 Å². The van der Waals surface area contributed by atoms with Crippen molar-refractivity contribution < 1.29 is 9.66 Å². The van der Waals surface area contributed by atoms with Gasteiger partial charge in [0.1, 0.15) is 11.9 Å².